The van der Waals surface area contributed by atoms with E-state index >= 15 is 0 Å². The molecule has 1 saturated carbocycles. The summed E-state index contributed by atoms with van der Waals surface area (Å²) < 4.78 is 13.4. The van der Waals surface area contributed by atoms with E-state index in [2.05, 4.69) is 0 Å². The van der Waals surface area contributed by atoms with E-state index in [9.17, 15) is 19.1 Å². The molecule has 2 amide bonds. The van der Waals surface area contributed by atoms with Crippen LogP contribution < -0.4 is 0 Å². The average molecular weight is 382 g/mol. The first-order valence-electron chi connectivity index (χ1n) is 9.55. The van der Waals surface area contributed by atoms with Crippen LogP contribution in [-0.2, 0) is 4.79 Å². The molecule has 6 heteroatoms. The zero-order valence-corrected chi connectivity index (χ0v) is 15.8. The van der Waals surface area contributed by atoms with E-state index in [4.69, 9.17) is 0 Å². The number of hydrogen-bond donors (Lipinski definition) is 1. The maximum Gasteiger partial charge on any atom is 0.254 e. The van der Waals surface area contributed by atoms with Crippen molar-refractivity contribution in [3.8, 4) is 11.1 Å². The van der Waals surface area contributed by atoms with Gasteiger partial charge in [0.15, 0.2) is 0 Å². The standard InChI is InChI=1S/C22H23FN2O3/c1-15-14-18(6-7-19(15)23)16-2-4-17(5-3-16)20(26)24-10-12-25(13-11-24)21(27)22(28)8-9-22/h2-7,14,28H,8-13H2,1H3. The maximum atomic E-state index is 13.4. The van der Waals surface area contributed by atoms with Gasteiger partial charge in [0.1, 0.15) is 11.4 Å². The second-order valence-corrected chi connectivity index (χ2v) is 7.66. The Morgan fingerprint density at radius 3 is 2.07 bits per heavy atom. The number of nitrogens with zero attached hydrogens (tertiary/aromatic N) is 2. The molecule has 0 radical (unpaired) electrons. The summed E-state index contributed by atoms with van der Waals surface area (Å²) >= 11 is 0. The van der Waals surface area contributed by atoms with E-state index in [1.807, 2.05) is 12.1 Å². The molecule has 1 saturated heterocycles. The number of aryl methyl sites for hydroxylation is 1. The Morgan fingerprint density at radius 1 is 0.929 bits per heavy atom. The summed E-state index contributed by atoms with van der Waals surface area (Å²) in [5.74, 6) is -0.514. The predicted octanol–water partition coefficient (Wildman–Crippen LogP) is 2.61. The minimum Gasteiger partial charge on any atom is -0.380 e. The molecule has 0 atom stereocenters. The second kappa shape index (κ2) is 7.02. The Balaban J connectivity index is 1.40. The number of aliphatic hydroxyl groups is 1. The number of hydrogen-bond acceptors (Lipinski definition) is 3. The highest BCUT2D eigenvalue weighted by atomic mass is 19.1. The predicted molar refractivity (Wildman–Crippen MR) is 103 cm³/mol. The van der Waals surface area contributed by atoms with Crippen molar-refractivity contribution in [1.29, 1.82) is 0 Å². The third-order valence-corrected chi connectivity index (χ3v) is 5.60. The van der Waals surface area contributed by atoms with Crippen molar-refractivity contribution in [2.75, 3.05) is 26.2 Å². The Labute approximate surface area is 163 Å². The Kier molecular flexibility index (Phi) is 4.67. The topological polar surface area (TPSA) is 60.9 Å². The molecule has 1 aliphatic carbocycles. The SMILES string of the molecule is Cc1cc(-c2ccc(C(=O)N3CCN(C(=O)C4(O)CC4)CC3)cc2)ccc1F. The van der Waals surface area contributed by atoms with Crippen molar-refractivity contribution in [2.45, 2.75) is 25.4 Å². The largest absolute Gasteiger partial charge is 0.380 e. The Hall–Kier alpha value is -2.73. The molecule has 1 aliphatic heterocycles. The van der Waals surface area contributed by atoms with Crippen LogP contribution in [0.15, 0.2) is 42.5 Å². The van der Waals surface area contributed by atoms with Crippen LogP contribution in [0.4, 0.5) is 4.39 Å². The summed E-state index contributed by atoms with van der Waals surface area (Å²) in [4.78, 5) is 28.3. The monoisotopic (exact) mass is 382 g/mol. The number of rotatable bonds is 3. The van der Waals surface area contributed by atoms with Crippen molar-refractivity contribution in [3.05, 3.63) is 59.4 Å². The molecule has 2 aliphatic rings. The van der Waals surface area contributed by atoms with Crippen molar-refractivity contribution in [3.63, 3.8) is 0 Å². The van der Waals surface area contributed by atoms with Crippen LogP contribution in [0.1, 0.15) is 28.8 Å². The van der Waals surface area contributed by atoms with Gasteiger partial charge >= 0.3 is 0 Å². The van der Waals surface area contributed by atoms with Crippen molar-refractivity contribution < 1.29 is 19.1 Å². The number of carbonyl (C=O) groups is 2. The lowest BCUT2D eigenvalue weighted by Crippen LogP contribution is -2.53. The average Bonchev–Trinajstić information content (AvgIpc) is 3.48. The smallest absolute Gasteiger partial charge is 0.254 e. The first-order valence-corrected chi connectivity index (χ1v) is 9.55. The third kappa shape index (κ3) is 3.52. The lowest BCUT2D eigenvalue weighted by molar-refractivity contribution is -0.143. The summed E-state index contributed by atoms with van der Waals surface area (Å²) in [6, 6.07) is 12.2. The van der Waals surface area contributed by atoms with Gasteiger partial charge in [-0.05, 0) is 60.7 Å². The summed E-state index contributed by atoms with van der Waals surface area (Å²) in [6.45, 7) is 3.53. The second-order valence-electron chi connectivity index (χ2n) is 7.66. The fraction of sp³-hybridized carbons (Fsp3) is 0.364. The van der Waals surface area contributed by atoms with Crippen LogP contribution in [-0.4, -0.2) is 58.5 Å². The molecule has 1 N–H and O–H groups in total. The van der Waals surface area contributed by atoms with Gasteiger partial charge < -0.3 is 14.9 Å². The number of halogens is 1. The first kappa shape index (κ1) is 18.6. The summed E-state index contributed by atoms with van der Waals surface area (Å²) in [5, 5.41) is 9.96. The number of carbonyl (C=O) groups excluding carboxylic acids is 2. The summed E-state index contributed by atoms with van der Waals surface area (Å²) in [5.41, 5.74) is 1.85. The van der Waals surface area contributed by atoms with Gasteiger partial charge in [-0.15, -0.1) is 0 Å². The third-order valence-electron chi connectivity index (χ3n) is 5.60. The highest BCUT2D eigenvalue weighted by Gasteiger charge is 2.50. The van der Waals surface area contributed by atoms with E-state index in [1.165, 1.54) is 6.07 Å². The van der Waals surface area contributed by atoms with Crippen LogP contribution in [0.25, 0.3) is 11.1 Å². The zero-order valence-electron chi connectivity index (χ0n) is 15.8. The van der Waals surface area contributed by atoms with Crippen LogP contribution >= 0.6 is 0 Å². The van der Waals surface area contributed by atoms with Gasteiger partial charge in [-0.1, -0.05) is 18.2 Å². The molecule has 28 heavy (non-hydrogen) atoms. The quantitative estimate of drug-likeness (QED) is 0.888. The normalized spacial score (nSPS) is 18.1. The van der Waals surface area contributed by atoms with Crippen LogP contribution in [0.5, 0.6) is 0 Å². The lowest BCUT2D eigenvalue weighted by Gasteiger charge is -2.35. The minimum atomic E-state index is -1.15. The molecule has 0 aromatic heterocycles. The summed E-state index contributed by atoms with van der Waals surface area (Å²) in [6.07, 6.45) is 1.07. The molecule has 1 heterocycles. The van der Waals surface area contributed by atoms with E-state index in [1.54, 1.807) is 41.0 Å². The fourth-order valence-electron chi connectivity index (χ4n) is 3.55. The molecule has 2 fully saturated rings. The van der Waals surface area contributed by atoms with Crippen LogP contribution in [0.2, 0.25) is 0 Å². The maximum absolute atomic E-state index is 13.4. The minimum absolute atomic E-state index is 0.0703. The van der Waals surface area contributed by atoms with E-state index in [0.717, 1.165) is 11.1 Å². The number of benzene rings is 2. The molecule has 0 spiro atoms. The molecule has 5 nitrogen and oxygen atoms in total. The fourth-order valence-corrected chi connectivity index (χ4v) is 3.55. The van der Waals surface area contributed by atoms with Gasteiger partial charge in [-0.2, -0.15) is 0 Å². The van der Waals surface area contributed by atoms with Gasteiger partial charge in [0.2, 0.25) is 0 Å². The van der Waals surface area contributed by atoms with E-state index < -0.39 is 5.60 Å². The molecule has 2 aromatic carbocycles. The Morgan fingerprint density at radius 2 is 1.50 bits per heavy atom. The van der Waals surface area contributed by atoms with Crippen molar-refractivity contribution in [1.82, 2.24) is 9.80 Å². The van der Waals surface area contributed by atoms with Gasteiger partial charge in [-0.25, -0.2) is 4.39 Å². The van der Waals surface area contributed by atoms with Crippen molar-refractivity contribution in [2.24, 2.45) is 0 Å². The molecular weight excluding hydrogens is 359 g/mol. The first-order chi connectivity index (χ1) is 13.4. The zero-order chi connectivity index (χ0) is 19.9. The number of amides is 2. The van der Waals surface area contributed by atoms with Crippen LogP contribution in [0, 0.1) is 12.7 Å². The van der Waals surface area contributed by atoms with Gasteiger partial charge in [-0.3, -0.25) is 9.59 Å². The number of piperazine rings is 1. The van der Waals surface area contributed by atoms with Crippen LogP contribution in [0.3, 0.4) is 0 Å². The lowest BCUT2D eigenvalue weighted by atomic mass is 10.0. The molecular formula is C22H23FN2O3. The van der Waals surface area contributed by atoms with E-state index in [-0.39, 0.29) is 17.6 Å². The van der Waals surface area contributed by atoms with Gasteiger partial charge in [0.05, 0.1) is 0 Å². The summed E-state index contributed by atoms with van der Waals surface area (Å²) in [7, 11) is 0. The highest BCUT2D eigenvalue weighted by Crippen LogP contribution is 2.37. The molecule has 0 bridgehead atoms. The molecule has 2 aromatic rings. The van der Waals surface area contributed by atoms with E-state index in [0.29, 0.717) is 50.1 Å². The van der Waals surface area contributed by atoms with Gasteiger partial charge in [0, 0.05) is 31.7 Å². The van der Waals surface area contributed by atoms with Crippen molar-refractivity contribution >= 4 is 11.8 Å². The van der Waals surface area contributed by atoms with Gasteiger partial charge in [0.25, 0.3) is 11.8 Å². The molecule has 0 unspecified atom stereocenters. The molecule has 4 rings (SSSR count). The highest BCUT2D eigenvalue weighted by molar-refractivity contribution is 5.95. The molecule has 146 valence electrons. The Bertz CT molecular complexity index is 914.